The van der Waals surface area contributed by atoms with Gasteiger partial charge in [-0.15, -0.1) is 0 Å². The Morgan fingerprint density at radius 1 is 1.08 bits per heavy atom. The first-order chi connectivity index (χ1) is 18.1. The minimum Gasteiger partial charge on any atom is -0.345 e. The van der Waals surface area contributed by atoms with Crippen LogP contribution in [0.2, 0.25) is 10.0 Å². The summed E-state index contributed by atoms with van der Waals surface area (Å²) in [5.41, 5.74) is 1.97. The molecule has 1 unspecified atom stereocenters. The average Bonchev–Trinajstić information content (AvgIpc) is 3.68. The second kappa shape index (κ2) is 9.93. The first-order valence-electron chi connectivity index (χ1n) is 11.8. The summed E-state index contributed by atoms with van der Waals surface area (Å²) < 4.78 is 30.3. The smallest absolute Gasteiger partial charge is 0.274 e. The molecule has 0 spiro atoms. The molecule has 194 valence electrons. The Bertz CT molecular complexity index is 1650. The Balaban J connectivity index is 1.55. The molecule has 0 aliphatic heterocycles. The number of rotatable bonds is 5. The van der Waals surface area contributed by atoms with E-state index in [-0.39, 0.29) is 44.4 Å². The Morgan fingerprint density at radius 2 is 1.84 bits per heavy atom. The van der Waals surface area contributed by atoms with Gasteiger partial charge in [-0.1, -0.05) is 29.3 Å². The molecule has 0 saturated heterocycles. The lowest BCUT2D eigenvalue weighted by Gasteiger charge is -2.16. The van der Waals surface area contributed by atoms with Gasteiger partial charge in [-0.2, -0.15) is 0 Å². The summed E-state index contributed by atoms with van der Waals surface area (Å²) in [4.78, 5) is 35.3. The molecule has 0 radical (unpaired) electrons. The number of nitrogens with zero attached hydrogens (tertiary/aromatic N) is 4. The van der Waals surface area contributed by atoms with Crippen molar-refractivity contribution in [1.82, 2.24) is 19.4 Å². The van der Waals surface area contributed by atoms with Crippen LogP contribution in [0.1, 0.15) is 45.4 Å². The predicted octanol–water partition coefficient (Wildman–Crippen LogP) is 6.16. The lowest BCUT2D eigenvalue weighted by atomic mass is 10.0. The van der Waals surface area contributed by atoms with Crippen LogP contribution in [-0.2, 0) is 0 Å². The molecule has 1 fully saturated rings. The molecule has 1 amide bonds. The second-order valence-corrected chi connectivity index (χ2v) is 10.3. The van der Waals surface area contributed by atoms with Crippen molar-refractivity contribution in [2.24, 2.45) is 0 Å². The summed E-state index contributed by atoms with van der Waals surface area (Å²) in [5.74, 6) is -1.65. The number of carbonyl (C=O) groups excluding carboxylic acids is 1. The minimum atomic E-state index is -0.726. The van der Waals surface area contributed by atoms with Crippen LogP contribution in [-0.4, -0.2) is 39.4 Å². The zero-order valence-corrected chi connectivity index (χ0v) is 22.2. The fraction of sp³-hybridized carbons (Fsp3) is 0.214. The van der Waals surface area contributed by atoms with Crippen LogP contribution in [0.25, 0.3) is 16.9 Å². The summed E-state index contributed by atoms with van der Waals surface area (Å²) in [6.45, 7) is 1.75. The summed E-state index contributed by atoms with van der Waals surface area (Å²) in [5, 5.41) is 0.200. The van der Waals surface area contributed by atoms with Gasteiger partial charge in [0.15, 0.2) is 0 Å². The van der Waals surface area contributed by atoms with Crippen molar-refractivity contribution in [3.8, 4) is 16.9 Å². The molecule has 2 atom stereocenters. The molecule has 4 aromatic rings. The summed E-state index contributed by atoms with van der Waals surface area (Å²) in [7, 11) is 3.07. The topological polar surface area (TPSA) is 68.1 Å². The Labute approximate surface area is 227 Å². The zero-order chi connectivity index (χ0) is 27.3. The highest BCUT2D eigenvalue weighted by Gasteiger charge is 2.42. The third kappa shape index (κ3) is 4.59. The van der Waals surface area contributed by atoms with E-state index in [2.05, 4.69) is 9.97 Å². The molecule has 6 nitrogen and oxygen atoms in total. The molecule has 1 aliphatic carbocycles. The molecule has 1 aromatic carbocycles. The van der Waals surface area contributed by atoms with Crippen LogP contribution < -0.4 is 5.56 Å². The van der Waals surface area contributed by atoms with Crippen molar-refractivity contribution in [2.75, 3.05) is 14.1 Å². The van der Waals surface area contributed by atoms with E-state index in [1.54, 1.807) is 19.2 Å². The molecule has 3 aromatic heterocycles. The first kappa shape index (κ1) is 26.0. The highest BCUT2D eigenvalue weighted by molar-refractivity contribution is 6.32. The summed E-state index contributed by atoms with van der Waals surface area (Å²) in [6, 6.07) is 9.21. The third-order valence-corrected chi connectivity index (χ3v) is 7.36. The molecule has 38 heavy (non-hydrogen) atoms. The number of aromatic nitrogens is 3. The van der Waals surface area contributed by atoms with Crippen LogP contribution in [0.15, 0.2) is 59.8 Å². The fourth-order valence-corrected chi connectivity index (χ4v) is 5.19. The largest absolute Gasteiger partial charge is 0.345 e. The first-order valence-corrected chi connectivity index (χ1v) is 12.5. The molecule has 1 saturated carbocycles. The lowest BCUT2D eigenvalue weighted by molar-refractivity contribution is 0.0823. The van der Waals surface area contributed by atoms with Gasteiger partial charge in [0.25, 0.3) is 11.5 Å². The van der Waals surface area contributed by atoms with E-state index < -0.39 is 23.1 Å². The van der Waals surface area contributed by atoms with Gasteiger partial charge in [0.1, 0.15) is 16.7 Å². The number of pyridine rings is 3. The molecule has 0 N–H and O–H groups in total. The molecular weight excluding hydrogens is 533 g/mol. The van der Waals surface area contributed by atoms with Crippen LogP contribution in [0.4, 0.5) is 8.78 Å². The number of carbonyl (C=O) groups is 1. The third-order valence-electron chi connectivity index (χ3n) is 6.69. The van der Waals surface area contributed by atoms with Crippen molar-refractivity contribution in [2.45, 2.75) is 25.2 Å². The number of aryl methyl sites for hydroxylation is 1. The number of amides is 1. The minimum absolute atomic E-state index is 0.0154. The fourth-order valence-electron chi connectivity index (χ4n) is 4.72. The summed E-state index contributed by atoms with van der Waals surface area (Å²) >= 11 is 13.0. The van der Waals surface area contributed by atoms with E-state index in [4.69, 9.17) is 23.2 Å². The van der Waals surface area contributed by atoms with E-state index in [1.807, 2.05) is 6.07 Å². The van der Waals surface area contributed by atoms with Crippen molar-refractivity contribution in [3.63, 3.8) is 0 Å². The molecule has 5 rings (SSSR count). The molecular formula is C28H22Cl2F2N4O2. The standard InChI is InChI=1S/C28H22Cl2F2N4O2/c1-14-7-21(20-9-19(20)15-8-16(31)12-33-11-15)25(30)28(38)36(14)24-10-23(34-13-22(24)29)17-5-4-6-18(26(17)32)27(37)35(2)3/h4-8,10-13,19-20H,9H2,1-3H3/t19?,20-/m1/s1. The SMILES string of the molecule is Cc1cc([C@@H]2CC2c2cncc(F)c2)c(Cl)c(=O)n1-c1cc(-c2cccc(C(=O)N(C)C)c2F)ncc1Cl. The van der Waals surface area contributed by atoms with Crippen LogP contribution >= 0.6 is 23.2 Å². The second-order valence-electron chi connectivity index (χ2n) is 9.47. The predicted molar refractivity (Wildman–Crippen MR) is 142 cm³/mol. The van der Waals surface area contributed by atoms with Crippen molar-refractivity contribution >= 4 is 29.1 Å². The van der Waals surface area contributed by atoms with Gasteiger partial charge in [-0.05, 0) is 66.6 Å². The van der Waals surface area contributed by atoms with Gasteiger partial charge in [0.05, 0.1) is 28.2 Å². The van der Waals surface area contributed by atoms with Crippen LogP contribution in [0, 0.1) is 18.6 Å². The van der Waals surface area contributed by atoms with Crippen molar-refractivity contribution < 1.29 is 13.6 Å². The molecule has 3 heterocycles. The maximum absolute atomic E-state index is 15.3. The monoisotopic (exact) mass is 554 g/mol. The van der Waals surface area contributed by atoms with Crippen LogP contribution in [0.3, 0.4) is 0 Å². The maximum Gasteiger partial charge on any atom is 0.274 e. The van der Waals surface area contributed by atoms with Crippen molar-refractivity contribution in [1.29, 1.82) is 0 Å². The normalized spacial score (nSPS) is 16.4. The number of hydrogen-bond acceptors (Lipinski definition) is 4. The van der Waals surface area contributed by atoms with Gasteiger partial charge < -0.3 is 4.90 Å². The van der Waals surface area contributed by atoms with E-state index in [1.165, 1.54) is 54.0 Å². The lowest BCUT2D eigenvalue weighted by Crippen LogP contribution is -2.23. The number of halogens is 4. The van der Waals surface area contributed by atoms with E-state index in [0.29, 0.717) is 11.3 Å². The van der Waals surface area contributed by atoms with Crippen molar-refractivity contribution in [3.05, 3.63) is 109 Å². The van der Waals surface area contributed by atoms with Crippen LogP contribution in [0.5, 0.6) is 0 Å². The average molecular weight is 555 g/mol. The van der Waals surface area contributed by atoms with Gasteiger partial charge in [0.2, 0.25) is 0 Å². The molecule has 1 aliphatic rings. The Morgan fingerprint density at radius 3 is 2.55 bits per heavy atom. The summed E-state index contributed by atoms with van der Waals surface area (Å²) in [6.07, 6.45) is 4.81. The highest BCUT2D eigenvalue weighted by Crippen LogP contribution is 2.55. The Kier molecular flexibility index (Phi) is 6.79. The van der Waals surface area contributed by atoms with E-state index >= 15 is 4.39 Å². The maximum atomic E-state index is 15.3. The number of benzene rings is 1. The van der Waals surface area contributed by atoms with Gasteiger partial charge >= 0.3 is 0 Å². The molecule has 10 heteroatoms. The molecule has 0 bridgehead atoms. The quantitative estimate of drug-likeness (QED) is 0.296. The van der Waals surface area contributed by atoms with E-state index in [0.717, 1.165) is 18.2 Å². The van der Waals surface area contributed by atoms with Gasteiger partial charge in [-0.25, -0.2) is 8.78 Å². The highest BCUT2D eigenvalue weighted by atomic mass is 35.5. The zero-order valence-electron chi connectivity index (χ0n) is 20.7. The van der Waals surface area contributed by atoms with Gasteiger partial charge in [-0.3, -0.25) is 24.1 Å². The number of hydrogen-bond donors (Lipinski definition) is 0. The van der Waals surface area contributed by atoms with E-state index in [9.17, 15) is 14.0 Å². The van der Waals surface area contributed by atoms with Gasteiger partial charge in [0, 0.05) is 37.7 Å². The Hall–Kier alpha value is -3.62.